The summed E-state index contributed by atoms with van der Waals surface area (Å²) < 4.78 is 2.32. The maximum atomic E-state index is 4.83. The van der Waals surface area contributed by atoms with Crippen molar-refractivity contribution in [3.05, 3.63) is 53.3 Å². The van der Waals surface area contributed by atoms with Gasteiger partial charge in [-0.25, -0.2) is 0 Å². The van der Waals surface area contributed by atoms with Gasteiger partial charge in [0.2, 0.25) is 0 Å². The van der Waals surface area contributed by atoms with E-state index in [0.29, 0.717) is 6.04 Å². The number of nitrogens with zero attached hydrogens (tertiary/aromatic N) is 4. The van der Waals surface area contributed by atoms with Crippen molar-refractivity contribution >= 4 is 0 Å². The molecule has 1 aromatic carbocycles. The first-order valence-electron chi connectivity index (χ1n) is 11.7. The molecule has 0 amide bonds. The molecule has 1 aromatic heterocycles. The Hall–Kier alpha value is -1.65. The van der Waals surface area contributed by atoms with Crippen LogP contribution in [0.1, 0.15) is 70.5 Å². The van der Waals surface area contributed by atoms with Crippen LogP contribution in [0.4, 0.5) is 0 Å². The second kappa shape index (κ2) is 12.8. The maximum absolute atomic E-state index is 4.83. The number of hydrogen-bond acceptors (Lipinski definition) is 3. The minimum Gasteiger partial charge on any atom is -0.304 e. The Labute approximate surface area is 178 Å². The van der Waals surface area contributed by atoms with E-state index in [2.05, 4.69) is 85.5 Å². The fourth-order valence-electron chi connectivity index (χ4n) is 4.08. The zero-order valence-corrected chi connectivity index (χ0v) is 19.4. The molecule has 1 fully saturated rings. The van der Waals surface area contributed by atoms with Crippen LogP contribution in [0.15, 0.2) is 36.4 Å². The molecule has 0 bridgehead atoms. The van der Waals surface area contributed by atoms with Gasteiger partial charge in [0.25, 0.3) is 0 Å². The fraction of sp³-hybridized carbons (Fsp3) is 0.640. The molecule has 2 heterocycles. The van der Waals surface area contributed by atoms with Gasteiger partial charge in [-0.05, 0) is 56.9 Å². The van der Waals surface area contributed by atoms with Crippen LogP contribution in [0.2, 0.25) is 0 Å². The molecule has 29 heavy (non-hydrogen) atoms. The second-order valence-electron chi connectivity index (χ2n) is 7.89. The maximum Gasteiger partial charge on any atom is 0.0624 e. The van der Waals surface area contributed by atoms with Crippen LogP contribution in [0.3, 0.4) is 0 Å². The lowest BCUT2D eigenvalue weighted by molar-refractivity contribution is 0.171. The van der Waals surface area contributed by atoms with E-state index in [1.807, 2.05) is 0 Å². The zero-order chi connectivity index (χ0) is 21.1. The molecule has 0 radical (unpaired) electrons. The number of piperidine rings is 1. The van der Waals surface area contributed by atoms with Crippen LogP contribution >= 0.6 is 0 Å². The summed E-state index contributed by atoms with van der Waals surface area (Å²) in [5, 5.41) is 4.83. The highest BCUT2D eigenvalue weighted by atomic mass is 15.3. The van der Waals surface area contributed by atoms with Crippen LogP contribution in [0.25, 0.3) is 0 Å². The molecule has 1 aliphatic heterocycles. The van der Waals surface area contributed by atoms with E-state index in [-0.39, 0.29) is 0 Å². The third kappa shape index (κ3) is 7.27. The van der Waals surface area contributed by atoms with E-state index in [0.717, 1.165) is 19.4 Å². The monoisotopic (exact) mass is 398 g/mol. The summed E-state index contributed by atoms with van der Waals surface area (Å²) >= 11 is 0. The van der Waals surface area contributed by atoms with Crippen LogP contribution in [0.5, 0.6) is 0 Å². The first-order valence-corrected chi connectivity index (χ1v) is 11.7. The molecule has 0 N–H and O–H groups in total. The molecular weight excluding hydrogens is 356 g/mol. The van der Waals surface area contributed by atoms with Gasteiger partial charge in [0.05, 0.1) is 11.7 Å². The minimum absolute atomic E-state index is 0.585. The molecule has 1 aliphatic rings. The predicted octanol–water partition coefficient (Wildman–Crippen LogP) is 5.19. The summed E-state index contributed by atoms with van der Waals surface area (Å²) in [6.07, 6.45) is 4.54. The number of benzene rings is 1. The minimum atomic E-state index is 0.585. The Morgan fingerprint density at radius 3 is 2.00 bits per heavy atom. The van der Waals surface area contributed by atoms with Gasteiger partial charge in [-0.2, -0.15) is 5.10 Å². The Balaban J connectivity index is 0.000000370. The topological polar surface area (TPSA) is 24.3 Å². The predicted molar refractivity (Wildman–Crippen MR) is 124 cm³/mol. The number of aryl methyl sites for hydroxylation is 2. The van der Waals surface area contributed by atoms with Gasteiger partial charge in [0.1, 0.15) is 0 Å². The third-order valence-electron chi connectivity index (χ3n) is 6.08. The normalized spacial score (nSPS) is 15.4. The third-order valence-corrected chi connectivity index (χ3v) is 6.08. The van der Waals surface area contributed by atoms with Crippen molar-refractivity contribution in [2.45, 2.75) is 72.9 Å². The highest BCUT2D eigenvalue weighted by molar-refractivity contribution is 5.15. The van der Waals surface area contributed by atoms with Gasteiger partial charge in [-0.15, -0.1) is 0 Å². The smallest absolute Gasteiger partial charge is 0.0624 e. The highest BCUT2D eigenvalue weighted by Gasteiger charge is 2.23. The van der Waals surface area contributed by atoms with E-state index in [4.69, 9.17) is 5.10 Å². The van der Waals surface area contributed by atoms with Crippen molar-refractivity contribution in [2.24, 2.45) is 0 Å². The lowest BCUT2D eigenvalue weighted by Gasteiger charge is -2.32. The fourth-order valence-corrected chi connectivity index (χ4v) is 4.08. The Morgan fingerprint density at radius 2 is 1.52 bits per heavy atom. The van der Waals surface area contributed by atoms with Crippen LogP contribution in [0, 0.1) is 0 Å². The zero-order valence-electron chi connectivity index (χ0n) is 19.4. The molecular formula is C25H42N4. The summed E-state index contributed by atoms with van der Waals surface area (Å²) in [5.74, 6) is 0. The SMILES string of the molecule is CCN(CC)CC.CCc1cc(CC)n(C2CCN(Cc3ccccc3)CC2)n1. The molecule has 1 saturated heterocycles. The first kappa shape index (κ1) is 23.6. The summed E-state index contributed by atoms with van der Waals surface area (Å²) in [6.45, 7) is 18.0. The summed E-state index contributed by atoms with van der Waals surface area (Å²) in [6, 6.07) is 13.7. The van der Waals surface area contributed by atoms with Crippen molar-refractivity contribution in [2.75, 3.05) is 32.7 Å². The van der Waals surface area contributed by atoms with Crippen LogP contribution < -0.4 is 0 Å². The highest BCUT2D eigenvalue weighted by Crippen LogP contribution is 2.25. The van der Waals surface area contributed by atoms with E-state index in [1.54, 1.807) is 0 Å². The molecule has 162 valence electrons. The van der Waals surface area contributed by atoms with Crippen molar-refractivity contribution in [1.29, 1.82) is 0 Å². The van der Waals surface area contributed by atoms with Gasteiger partial charge in [-0.1, -0.05) is 65.0 Å². The van der Waals surface area contributed by atoms with Gasteiger partial charge < -0.3 is 4.90 Å². The van der Waals surface area contributed by atoms with Crippen molar-refractivity contribution in [1.82, 2.24) is 19.6 Å². The Bertz CT molecular complexity index is 662. The van der Waals surface area contributed by atoms with Crippen molar-refractivity contribution in [3.63, 3.8) is 0 Å². The molecule has 0 atom stereocenters. The number of hydrogen-bond donors (Lipinski definition) is 0. The van der Waals surface area contributed by atoms with Crippen LogP contribution in [-0.2, 0) is 19.4 Å². The Kier molecular flexibility index (Phi) is 10.4. The van der Waals surface area contributed by atoms with E-state index < -0.39 is 0 Å². The second-order valence-corrected chi connectivity index (χ2v) is 7.89. The van der Waals surface area contributed by atoms with E-state index in [1.165, 1.54) is 62.5 Å². The average Bonchev–Trinajstić information content (AvgIpc) is 3.20. The summed E-state index contributed by atoms with van der Waals surface area (Å²) in [4.78, 5) is 4.95. The van der Waals surface area contributed by atoms with Crippen LogP contribution in [-0.4, -0.2) is 52.3 Å². The first-order chi connectivity index (χ1) is 14.1. The van der Waals surface area contributed by atoms with Gasteiger partial charge in [0.15, 0.2) is 0 Å². The number of rotatable bonds is 8. The molecule has 0 unspecified atom stereocenters. The molecule has 0 saturated carbocycles. The summed E-state index contributed by atoms with van der Waals surface area (Å²) in [7, 11) is 0. The van der Waals surface area contributed by atoms with E-state index in [9.17, 15) is 0 Å². The average molecular weight is 399 g/mol. The summed E-state index contributed by atoms with van der Waals surface area (Å²) in [5.41, 5.74) is 4.06. The molecule has 3 rings (SSSR count). The van der Waals surface area contributed by atoms with Crippen molar-refractivity contribution < 1.29 is 0 Å². The number of aromatic nitrogens is 2. The lowest BCUT2D eigenvalue weighted by Crippen LogP contribution is -2.34. The van der Waals surface area contributed by atoms with Gasteiger partial charge >= 0.3 is 0 Å². The Morgan fingerprint density at radius 1 is 0.897 bits per heavy atom. The molecule has 4 nitrogen and oxygen atoms in total. The molecule has 2 aromatic rings. The quantitative estimate of drug-likeness (QED) is 0.611. The standard InChI is InChI=1S/C19H27N3.C6H15N/c1-3-17-14-18(4-2)22(20-17)19-10-12-21(13-11-19)15-16-8-6-5-7-9-16;1-4-7(5-2)6-3/h5-9,14,19H,3-4,10-13,15H2,1-2H3;4-6H2,1-3H3. The molecule has 0 aliphatic carbocycles. The van der Waals surface area contributed by atoms with Gasteiger partial charge in [-0.3, -0.25) is 9.58 Å². The van der Waals surface area contributed by atoms with Gasteiger partial charge in [0, 0.05) is 25.3 Å². The lowest BCUT2D eigenvalue weighted by atomic mass is 10.0. The molecule has 0 spiro atoms. The molecule has 4 heteroatoms. The number of likely N-dealkylation sites (tertiary alicyclic amines) is 1. The van der Waals surface area contributed by atoms with Crippen molar-refractivity contribution in [3.8, 4) is 0 Å². The van der Waals surface area contributed by atoms with E-state index >= 15 is 0 Å². The largest absolute Gasteiger partial charge is 0.304 e.